The van der Waals surface area contributed by atoms with E-state index in [1.54, 1.807) is 4.90 Å². The normalized spacial score (nSPS) is 21.2. The van der Waals surface area contributed by atoms with Crippen LogP contribution in [0.3, 0.4) is 0 Å². The Balaban J connectivity index is 2.09. The smallest absolute Gasteiger partial charge is 0.244 e. The summed E-state index contributed by atoms with van der Waals surface area (Å²) in [5.41, 5.74) is 0.969. The molecular weight excluding hydrogens is 212 g/mol. The van der Waals surface area contributed by atoms with Crippen molar-refractivity contribution in [1.82, 2.24) is 4.90 Å². The average molecular weight is 232 g/mol. The third kappa shape index (κ3) is 2.67. The van der Waals surface area contributed by atoms with Crippen LogP contribution < -0.4 is 4.90 Å². The molecular formula is C14H20N2O. The van der Waals surface area contributed by atoms with Gasteiger partial charge in [-0.2, -0.15) is 0 Å². The van der Waals surface area contributed by atoms with E-state index >= 15 is 0 Å². The number of carbonyl (C=O) groups excluding carboxylic acids is 1. The highest BCUT2D eigenvalue weighted by Gasteiger charge is 2.28. The third-order valence-electron chi connectivity index (χ3n) is 3.53. The Bertz CT molecular complexity index is 377. The zero-order valence-corrected chi connectivity index (χ0v) is 10.6. The second-order valence-corrected chi connectivity index (χ2v) is 4.72. The number of rotatable bonds is 2. The summed E-state index contributed by atoms with van der Waals surface area (Å²) in [6, 6.07) is 9.89. The molecule has 0 bridgehead atoms. The Morgan fingerprint density at radius 3 is 2.65 bits per heavy atom. The van der Waals surface area contributed by atoms with Crippen LogP contribution >= 0.6 is 0 Å². The first-order valence-electron chi connectivity index (χ1n) is 6.23. The fourth-order valence-electron chi connectivity index (χ4n) is 2.39. The molecule has 2 rings (SSSR count). The molecule has 0 aliphatic carbocycles. The van der Waals surface area contributed by atoms with Crippen LogP contribution in [0.15, 0.2) is 30.3 Å². The topological polar surface area (TPSA) is 23.6 Å². The first-order valence-corrected chi connectivity index (χ1v) is 6.23. The van der Waals surface area contributed by atoms with Crippen LogP contribution in [0.1, 0.15) is 19.3 Å². The monoisotopic (exact) mass is 232 g/mol. The second-order valence-electron chi connectivity index (χ2n) is 4.72. The van der Waals surface area contributed by atoms with Gasteiger partial charge >= 0.3 is 0 Å². The minimum Gasteiger partial charge on any atom is -0.314 e. The van der Waals surface area contributed by atoms with Crippen molar-refractivity contribution in [3.05, 3.63) is 30.3 Å². The Morgan fingerprint density at radius 1 is 1.29 bits per heavy atom. The zero-order chi connectivity index (χ0) is 12.3. The fourth-order valence-corrected chi connectivity index (χ4v) is 2.39. The van der Waals surface area contributed by atoms with Gasteiger partial charge in [0.05, 0.1) is 6.04 Å². The number of likely N-dealkylation sites (N-methyl/N-ethyl adjacent to an activating group) is 2. The Labute approximate surface area is 103 Å². The number of anilines is 1. The van der Waals surface area contributed by atoms with Gasteiger partial charge in [0.25, 0.3) is 0 Å². The molecule has 1 aliphatic rings. The third-order valence-corrected chi connectivity index (χ3v) is 3.53. The molecule has 0 radical (unpaired) electrons. The van der Waals surface area contributed by atoms with Crippen molar-refractivity contribution in [2.75, 3.05) is 25.5 Å². The lowest BCUT2D eigenvalue weighted by atomic mass is 10.0. The standard InChI is InChI=1S/C14H20N2O/c1-15-11-7-6-10-13(15)14(17)16(2)12-8-4-3-5-9-12/h3-5,8-9,13H,6-7,10-11H2,1-2H3. The Hall–Kier alpha value is -1.35. The number of para-hydroxylation sites is 1. The van der Waals surface area contributed by atoms with Crippen LogP contribution in [0, 0.1) is 0 Å². The van der Waals surface area contributed by atoms with E-state index in [1.807, 2.05) is 44.4 Å². The lowest BCUT2D eigenvalue weighted by Crippen LogP contribution is -2.48. The van der Waals surface area contributed by atoms with Crippen LogP contribution in [0.25, 0.3) is 0 Å². The number of nitrogens with zero attached hydrogens (tertiary/aromatic N) is 2. The summed E-state index contributed by atoms with van der Waals surface area (Å²) in [6.07, 6.45) is 3.34. The quantitative estimate of drug-likeness (QED) is 0.780. The average Bonchev–Trinajstić information content (AvgIpc) is 2.39. The largest absolute Gasteiger partial charge is 0.314 e. The molecule has 3 heteroatoms. The molecule has 1 fully saturated rings. The maximum Gasteiger partial charge on any atom is 0.244 e. The molecule has 0 saturated carbocycles. The Morgan fingerprint density at radius 2 is 2.00 bits per heavy atom. The number of benzene rings is 1. The minimum atomic E-state index is 0.0500. The van der Waals surface area contributed by atoms with E-state index in [0.29, 0.717) is 0 Å². The van der Waals surface area contributed by atoms with Crippen LogP contribution in [0.5, 0.6) is 0 Å². The lowest BCUT2D eigenvalue weighted by Gasteiger charge is -2.34. The van der Waals surface area contributed by atoms with Crippen molar-refractivity contribution < 1.29 is 4.79 Å². The molecule has 0 aromatic heterocycles. The van der Waals surface area contributed by atoms with E-state index in [1.165, 1.54) is 6.42 Å². The van der Waals surface area contributed by atoms with Gasteiger partial charge in [0.15, 0.2) is 0 Å². The number of hydrogen-bond acceptors (Lipinski definition) is 2. The molecule has 0 spiro atoms. The van der Waals surface area contributed by atoms with Crippen molar-refractivity contribution in [1.29, 1.82) is 0 Å². The molecule has 1 heterocycles. The van der Waals surface area contributed by atoms with Crippen molar-refractivity contribution in [3.8, 4) is 0 Å². The summed E-state index contributed by atoms with van der Waals surface area (Å²) < 4.78 is 0. The van der Waals surface area contributed by atoms with Gasteiger partial charge in [-0.1, -0.05) is 24.6 Å². The van der Waals surface area contributed by atoms with E-state index in [0.717, 1.165) is 25.1 Å². The predicted molar refractivity (Wildman–Crippen MR) is 70.1 cm³/mol. The highest BCUT2D eigenvalue weighted by molar-refractivity contribution is 5.96. The summed E-state index contributed by atoms with van der Waals surface area (Å²) in [6.45, 7) is 1.03. The van der Waals surface area contributed by atoms with Crippen LogP contribution in [-0.2, 0) is 4.79 Å². The summed E-state index contributed by atoms with van der Waals surface area (Å²) in [5.74, 6) is 0.207. The molecule has 1 saturated heterocycles. The highest BCUT2D eigenvalue weighted by Crippen LogP contribution is 2.20. The minimum absolute atomic E-state index is 0.0500. The molecule has 1 atom stereocenters. The van der Waals surface area contributed by atoms with Crippen LogP contribution in [0.2, 0.25) is 0 Å². The van der Waals surface area contributed by atoms with Gasteiger partial charge in [-0.3, -0.25) is 9.69 Å². The van der Waals surface area contributed by atoms with Gasteiger partial charge in [0.1, 0.15) is 0 Å². The molecule has 0 N–H and O–H groups in total. The summed E-state index contributed by atoms with van der Waals surface area (Å²) >= 11 is 0. The maximum atomic E-state index is 12.4. The van der Waals surface area contributed by atoms with Gasteiger partial charge in [-0.25, -0.2) is 0 Å². The van der Waals surface area contributed by atoms with Gasteiger partial charge in [-0.05, 0) is 38.6 Å². The number of amides is 1. The molecule has 1 unspecified atom stereocenters. The number of carbonyl (C=O) groups is 1. The zero-order valence-electron chi connectivity index (χ0n) is 10.6. The SMILES string of the molecule is CN(C(=O)C1CCCCN1C)c1ccccc1. The van der Waals surface area contributed by atoms with Crippen molar-refractivity contribution >= 4 is 11.6 Å². The first-order chi connectivity index (χ1) is 8.20. The van der Waals surface area contributed by atoms with Gasteiger partial charge in [0, 0.05) is 12.7 Å². The molecule has 3 nitrogen and oxygen atoms in total. The van der Waals surface area contributed by atoms with Gasteiger partial charge in [0.2, 0.25) is 5.91 Å². The number of hydrogen-bond donors (Lipinski definition) is 0. The lowest BCUT2D eigenvalue weighted by molar-refractivity contribution is -0.124. The number of likely N-dealkylation sites (tertiary alicyclic amines) is 1. The second kappa shape index (κ2) is 5.32. The molecule has 1 aromatic carbocycles. The molecule has 92 valence electrons. The summed E-state index contributed by atoms with van der Waals surface area (Å²) in [4.78, 5) is 16.3. The molecule has 1 aromatic rings. The van der Waals surface area contributed by atoms with Crippen molar-refractivity contribution in [3.63, 3.8) is 0 Å². The van der Waals surface area contributed by atoms with Crippen LogP contribution in [-0.4, -0.2) is 37.5 Å². The first kappa shape index (κ1) is 12.1. The molecule has 17 heavy (non-hydrogen) atoms. The van der Waals surface area contributed by atoms with E-state index < -0.39 is 0 Å². The van der Waals surface area contributed by atoms with Crippen molar-refractivity contribution in [2.24, 2.45) is 0 Å². The van der Waals surface area contributed by atoms with E-state index in [2.05, 4.69) is 4.90 Å². The predicted octanol–water partition coefficient (Wildman–Crippen LogP) is 2.13. The fraction of sp³-hybridized carbons (Fsp3) is 0.500. The van der Waals surface area contributed by atoms with Crippen molar-refractivity contribution in [2.45, 2.75) is 25.3 Å². The maximum absolute atomic E-state index is 12.4. The van der Waals surface area contributed by atoms with Gasteiger partial charge in [-0.15, -0.1) is 0 Å². The molecule has 1 aliphatic heterocycles. The highest BCUT2D eigenvalue weighted by atomic mass is 16.2. The Kier molecular flexibility index (Phi) is 3.79. The number of piperidine rings is 1. The molecule has 1 amide bonds. The van der Waals surface area contributed by atoms with E-state index in [4.69, 9.17) is 0 Å². The summed E-state index contributed by atoms with van der Waals surface area (Å²) in [7, 11) is 3.90. The van der Waals surface area contributed by atoms with E-state index in [9.17, 15) is 4.79 Å². The van der Waals surface area contributed by atoms with Gasteiger partial charge < -0.3 is 4.90 Å². The van der Waals surface area contributed by atoms with Crippen LogP contribution in [0.4, 0.5) is 5.69 Å². The van der Waals surface area contributed by atoms with E-state index in [-0.39, 0.29) is 11.9 Å². The summed E-state index contributed by atoms with van der Waals surface area (Å²) in [5, 5.41) is 0.